The number of carbonyl (C=O) groups is 1. The van der Waals surface area contributed by atoms with Crippen LogP contribution in [0.15, 0.2) is 0 Å². The first-order valence-electron chi connectivity index (χ1n) is 6.69. The van der Waals surface area contributed by atoms with Crippen LogP contribution in [0.25, 0.3) is 0 Å². The molecule has 94 valence electrons. The van der Waals surface area contributed by atoms with Gasteiger partial charge in [0.15, 0.2) is 0 Å². The molecule has 1 rings (SSSR count). The predicted octanol–water partition coefficient (Wildman–Crippen LogP) is 2.20. The minimum atomic E-state index is -0.417. The Kier molecular flexibility index (Phi) is 5.26. The van der Waals surface area contributed by atoms with Crippen LogP contribution in [0.1, 0.15) is 58.8 Å². The Morgan fingerprint density at radius 1 is 1.38 bits per heavy atom. The van der Waals surface area contributed by atoms with E-state index in [0.29, 0.717) is 0 Å². The Balaban J connectivity index is 2.65. The first-order valence-corrected chi connectivity index (χ1v) is 6.69. The molecule has 0 saturated heterocycles. The topological polar surface area (TPSA) is 55.1 Å². The molecule has 2 unspecified atom stereocenters. The van der Waals surface area contributed by atoms with E-state index in [4.69, 9.17) is 5.73 Å². The SMILES string of the molecule is CCCNC1(C(N)=O)CCCC(CC)CC1. The largest absolute Gasteiger partial charge is 0.368 e. The minimum absolute atomic E-state index is 0.155. The Labute approximate surface area is 99.2 Å². The Hall–Kier alpha value is -0.570. The molecule has 3 nitrogen and oxygen atoms in total. The summed E-state index contributed by atoms with van der Waals surface area (Å²) >= 11 is 0. The summed E-state index contributed by atoms with van der Waals surface area (Å²) in [6, 6.07) is 0. The summed E-state index contributed by atoms with van der Waals surface area (Å²) in [5.41, 5.74) is 5.18. The quantitative estimate of drug-likeness (QED) is 0.706. The molecule has 1 saturated carbocycles. The Morgan fingerprint density at radius 3 is 2.69 bits per heavy atom. The van der Waals surface area contributed by atoms with Crippen LogP contribution in [-0.4, -0.2) is 18.0 Å². The van der Waals surface area contributed by atoms with Crippen molar-refractivity contribution in [2.24, 2.45) is 11.7 Å². The van der Waals surface area contributed by atoms with Crippen molar-refractivity contribution in [1.29, 1.82) is 0 Å². The Morgan fingerprint density at radius 2 is 2.12 bits per heavy atom. The summed E-state index contributed by atoms with van der Waals surface area (Å²) in [5, 5.41) is 3.39. The van der Waals surface area contributed by atoms with Crippen LogP contribution in [0.5, 0.6) is 0 Å². The third-order valence-electron chi connectivity index (χ3n) is 3.96. The second-order valence-electron chi connectivity index (χ2n) is 5.08. The van der Waals surface area contributed by atoms with Crippen LogP contribution < -0.4 is 11.1 Å². The highest BCUT2D eigenvalue weighted by molar-refractivity contribution is 5.84. The van der Waals surface area contributed by atoms with Gasteiger partial charge < -0.3 is 11.1 Å². The molecule has 3 N–H and O–H groups in total. The van der Waals surface area contributed by atoms with Gasteiger partial charge >= 0.3 is 0 Å². The standard InChI is InChI=1S/C13H26N2O/c1-3-10-15-13(12(14)16)8-5-6-11(4-2)7-9-13/h11,15H,3-10H2,1-2H3,(H2,14,16). The monoisotopic (exact) mass is 226 g/mol. The van der Waals surface area contributed by atoms with Crippen molar-refractivity contribution >= 4 is 5.91 Å². The number of hydrogen-bond donors (Lipinski definition) is 2. The first kappa shape index (κ1) is 13.5. The Bertz CT molecular complexity index is 230. The van der Waals surface area contributed by atoms with Crippen LogP contribution in [0.3, 0.4) is 0 Å². The maximum Gasteiger partial charge on any atom is 0.237 e. The molecule has 0 spiro atoms. The minimum Gasteiger partial charge on any atom is -0.368 e. The highest BCUT2D eigenvalue weighted by Crippen LogP contribution is 2.31. The number of carbonyl (C=O) groups excluding carboxylic acids is 1. The first-order chi connectivity index (χ1) is 7.64. The van der Waals surface area contributed by atoms with Crippen molar-refractivity contribution in [1.82, 2.24) is 5.32 Å². The summed E-state index contributed by atoms with van der Waals surface area (Å²) in [5.74, 6) is 0.627. The summed E-state index contributed by atoms with van der Waals surface area (Å²) in [6.45, 7) is 5.24. The molecule has 2 atom stereocenters. The van der Waals surface area contributed by atoms with Crippen LogP contribution in [-0.2, 0) is 4.79 Å². The molecule has 0 radical (unpaired) electrons. The van der Waals surface area contributed by atoms with E-state index >= 15 is 0 Å². The zero-order valence-electron chi connectivity index (χ0n) is 10.7. The molecule has 16 heavy (non-hydrogen) atoms. The predicted molar refractivity (Wildman–Crippen MR) is 67.1 cm³/mol. The third kappa shape index (κ3) is 3.21. The molecule has 1 amide bonds. The second-order valence-corrected chi connectivity index (χ2v) is 5.08. The van der Waals surface area contributed by atoms with Gasteiger partial charge in [-0.2, -0.15) is 0 Å². The lowest BCUT2D eigenvalue weighted by Gasteiger charge is -2.30. The van der Waals surface area contributed by atoms with Crippen molar-refractivity contribution in [2.45, 2.75) is 64.3 Å². The lowest BCUT2D eigenvalue weighted by molar-refractivity contribution is -0.125. The molecular weight excluding hydrogens is 200 g/mol. The smallest absolute Gasteiger partial charge is 0.237 e. The number of rotatable bonds is 5. The fourth-order valence-corrected chi connectivity index (χ4v) is 2.70. The van der Waals surface area contributed by atoms with Crippen molar-refractivity contribution < 1.29 is 4.79 Å². The summed E-state index contributed by atoms with van der Waals surface area (Å²) < 4.78 is 0. The highest BCUT2D eigenvalue weighted by atomic mass is 16.1. The lowest BCUT2D eigenvalue weighted by atomic mass is 9.88. The molecule has 0 aromatic heterocycles. The highest BCUT2D eigenvalue weighted by Gasteiger charge is 2.37. The van der Waals surface area contributed by atoms with Gasteiger partial charge in [0, 0.05) is 0 Å². The average molecular weight is 226 g/mol. The molecule has 0 aromatic carbocycles. The molecule has 0 aliphatic heterocycles. The van der Waals surface area contributed by atoms with Crippen LogP contribution >= 0.6 is 0 Å². The average Bonchev–Trinajstić information content (AvgIpc) is 2.49. The molecular formula is C13H26N2O. The molecule has 3 heteroatoms. The van der Waals surface area contributed by atoms with Crippen LogP contribution in [0.2, 0.25) is 0 Å². The van der Waals surface area contributed by atoms with E-state index in [2.05, 4.69) is 19.2 Å². The fraction of sp³-hybridized carbons (Fsp3) is 0.923. The van der Waals surface area contributed by atoms with E-state index in [-0.39, 0.29) is 5.91 Å². The molecule has 0 heterocycles. The maximum atomic E-state index is 11.7. The van der Waals surface area contributed by atoms with E-state index in [1.54, 1.807) is 0 Å². The molecule has 0 bridgehead atoms. The number of nitrogens with two attached hydrogens (primary N) is 1. The lowest BCUT2D eigenvalue weighted by Crippen LogP contribution is -2.55. The zero-order valence-corrected chi connectivity index (χ0v) is 10.7. The van der Waals surface area contributed by atoms with Gasteiger partial charge in [0.2, 0.25) is 5.91 Å². The van der Waals surface area contributed by atoms with Crippen molar-refractivity contribution in [3.63, 3.8) is 0 Å². The second kappa shape index (κ2) is 6.24. The van der Waals surface area contributed by atoms with Crippen LogP contribution in [0.4, 0.5) is 0 Å². The number of nitrogens with one attached hydrogen (secondary N) is 1. The molecule has 1 fully saturated rings. The molecule has 0 aromatic rings. The maximum absolute atomic E-state index is 11.7. The van der Waals surface area contributed by atoms with Crippen LogP contribution in [0, 0.1) is 5.92 Å². The fourth-order valence-electron chi connectivity index (χ4n) is 2.70. The van der Waals surface area contributed by atoms with Gasteiger partial charge in [0.25, 0.3) is 0 Å². The van der Waals surface area contributed by atoms with Gasteiger partial charge in [-0.25, -0.2) is 0 Å². The third-order valence-corrected chi connectivity index (χ3v) is 3.96. The van der Waals surface area contributed by atoms with Crippen molar-refractivity contribution in [3.8, 4) is 0 Å². The van der Waals surface area contributed by atoms with E-state index in [1.165, 1.54) is 12.8 Å². The van der Waals surface area contributed by atoms with E-state index < -0.39 is 5.54 Å². The summed E-state index contributed by atoms with van der Waals surface area (Å²) in [4.78, 5) is 11.7. The summed E-state index contributed by atoms with van der Waals surface area (Å²) in [7, 11) is 0. The number of hydrogen-bond acceptors (Lipinski definition) is 2. The van der Waals surface area contributed by atoms with E-state index in [9.17, 15) is 4.79 Å². The van der Waals surface area contributed by atoms with E-state index in [0.717, 1.165) is 44.6 Å². The van der Waals surface area contributed by atoms with Gasteiger partial charge in [-0.05, 0) is 38.1 Å². The van der Waals surface area contributed by atoms with Gasteiger partial charge in [-0.15, -0.1) is 0 Å². The van der Waals surface area contributed by atoms with Gasteiger partial charge in [0.05, 0.1) is 5.54 Å². The number of primary amides is 1. The van der Waals surface area contributed by atoms with Crippen molar-refractivity contribution in [3.05, 3.63) is 0 Å². The zero-order chi connectivity index (χ0) is 12.0. The summed E-state index contributed by atoms with van der Waals surface area (Å²) in [6.07, 6.45) is 7.61. The normalized spacial score (nSPS) is 31.0. The van der Waals surface area contributed by atoms with Gasteiger partial charge in [0.1, 0.15) is 0 Å². The van der Waals surface area contributed by atoms with Gasteiger partial charge in [-0.1, -0.05) is 33.1 Å². The van der Waals surface area contributed by atoms with E-state index in [1.807, 2.05) is 0 Å². The van der Waals surface area contributed by atoms with Gasteiger partial charge in [-0.3, -0.25) is 4.79 Å². The number of amides is 1. The van der Waals surface area contributed by atoms with Crippen molar-refractivity contribution in [2.75, 3.05) is 6.54 Å². The molecule has 1 aliphatic carbocycles. The molecule has 1 aliphatic rings.